The van der Waals surface area contributed by atoms with Gasteiger partial charge in [-0.3, -0.25) is 0 Å². The molecule has 0 radical (unpaired) electrons. The number of hydrogen-bond donors (Lipinski definition) is 1. The Morgan fingerprint density at radius 1 is 1.21 bits per heavy atom. The second-order valence-electron chi connectivity index (χ2n) is 6.26. The zero-order valence-electron chi connectivity index (χ0n) is 11.0. The Morgan fingerprint density at radius 3 is 2.68 bits per heavy atom. The Labute approximate surface area is 124 Å². The number of hydrogen-bond acceptors (Lipinski definition) is 1. The molecule has 0 aromatic heterocycles. The van der Waals surface area contributed by atoms with Crippen LogP contribution in [-0.2, 0) is 6.42 Å². The van der Waals surface area contributed by atoms with Crippen molar-refractivity contribution < 1.29 is 5.11 Å². The summed E-state index contributed by atoms with van der Waals surface area (Å²) in [6, 6.07) is 5.52. The van der Waals surface area contributed by atoms with Crippen molar-refractivity contribution in [1.29, 1.82) is 0 Å². The Morgan fingerprint density at radius 2 is 2.05 bits per heavy atom. The monoisotopic (exact) mass is 298 g/mol. The third-order valence-electron chi connectivity index (χ3n) is 4.93. The van der Waals surface area contributed by atoms with E-state index in [0.717, 1.165) is 29.7 Å². The summed E-state index contributed by atoms with van der Waals surface area (Å²) in [5.74, 6) is 2.56. The Kier molecular flexibility index (Phi) is 4.07. The maximum Gasteiger partial charge on any atom is 0.0583 e. The molecule has 0 saturated heterocycles. The summed E-state index contributed by atoms with van der Waals surface area (Å²) in [4.78, 5) is 0. The summed E-state index contributed by atoms with van der Waals surface area (Å²) in [6.45, 7) is 0. The molecule has 2 saturated carbocycles. The molecule has 0 heterocycles. The molecular formula is C16H20Cl2O. The molecule has 4 unspecified atom stereocenters. The first-order valence-corrected chi connectivity index (χ1v) is 7.99. The molecule has 1 aromatic rings. The third kappa shape index (κ3) is 3.09. The van der Waals surface area contributed by atoms with E-state index in [9.17, 15) is 5.11 Å². The smallest absolute Gasteiger partial charge is 0.0583 e. The predicted molar refractivity (Wildman–Crippen MR) is 79.7 cm³/mol. The van der Waals surface area contributed by atoms with Crippen molar-refractivity contribution in [2.75, 3.05) is 0 Å². The fourth-order valence-corrected chi connectivity index (χ4v) is 4.52. The molecule has 104 valence electrons. The maximum atomic E-state index is 10.3. The van der Waals surface area contributed by atoms with E-state index in [1.54, 1.807) is 6.07 Å². The zero-order chi connectivity index (χ0) is 13.4. The molecule has 0 aliphatic heterocycles. The first kappa shape index (κ1) is 13.7. The molecule has 0 spiro atoms. The zero-order valence-corrected chi connectivity index (χ0v) is 12.5. The number of benzene rings is 1. The van der Waals surface area contributed by atoms with Gasteiger partial charge in [0, 0.05) is 10.0 Å². The van der Waals surface area contributed by atoms with Gasteiger partial charge >= 0.3 is 0 Å². The normalized spacial score (nSPS) is 30.8. The van der Waals surface area contributed by atoms with Gasteiger partial charge in [-0.15, -0.1) is 0 Å². The minimum absolute atomic E-state index is 0.275. The number of aliphatic hydroxyl groups excluding tert-OH is 1. The van der Waals surface area contributed by atoms with Crippen LogP contribution in [0.1, 0.15) is 37.7 Å². The van der Waals surface area contributed by atoms with Gasteiger partial charge in [0.2, 0.25) is 0 Å². The van der Waals surface area contributed by atoms with Crippen molar-refractivity contribution in [3.8, 4) is 0 Å². The molecule has 19 heavy (non-hydrogen) atoms. The van der Waals surface area contributed by atoms with Gasteiger partial charge in [0.1, 0.15) is 0 Å². The van der Waals surface area contributed by atoms with Gasteiger partial charge in [0.15, 0.2) is 0 Å². The van der Waals surface area contributed by atoms with Crippen LogP contribution in [0.2, 0.25) is 10.0 Å². The van der Waals surface area contributed by atoms with Gasteiger partial charge in [0.05, 0.1) is 6.10 Å². The molecule has 3 rings (SSSR count). The van der Waals surface area contributed by atoms with Crippen molar-refractivity contribution in [3.63, 3.8) is 0 Å². The molecule has 4 atom stereocenters. The first-order chi connectivity index (χ1) is 9.11. The largest absolute Gasteiger partial charge is 0.393 e. The van der Waals surface area contributed by atoms with Gasteiger partial charge < -0.3 is 5.11 Å². The maximum absolute atomic E-state index is 10.3. The van der Waals surface area contributed by atoms with Crippen molar-refractivity contribution >= 4 is 23.2 Å². The van der Waals surface area contributed by atoms with E-state index in [1.165, 1.54) is 25.7 Å². The summed E-state index contributed by atoms with van der Waals surface area (Å²) >= 11 is 12.0. The number of aliphatic hydroxyl groups is 1. The summed E-state index contributed by atoms with van der Waals surface area (Å²) in [5, 5.41) is 11.6. The van der Waals surface area contributed by atoms with E-state index in [1.807, 2.05) is 12.1 Å². The lowest BCUT2D eigenvalue weighted by atomic mass is 9.84. The minimum Gasteiger partial charge on any atom is -0.393 e. The van der Waals surface area contributed by atoms with Crippen LogP contribution in [0.4, 0.5) is 0 Å². The van der Waals surface area contributed by atoms with E-state index in [0.29, 0.717) is 16.5 Å². The van der Waals surface area contributed by atoms with E-state index in [2.05, 4.69) is 0 Å². The lowest BCUT2D eigenvalue weighted by Gasteiger charge is -2.24. The fraction of sp³-hybridized carbons (Fsp3) is 0.625. The molecule has 2 fully saturated rings. The van der Waals surface area contributed by atoms with Crippen molar-refractivity contribution in [3.05, 3.63) is 33.8 Å². The van der Waals surface area contributed by atoms with Crippen molar-refractivity contribution in [2.24, 2.45) is 17.8 Å². The second kappa shape index (κ2) is 5.63. The highest BCUT2D eigenvalue weighted by atomic mass is 35.5. The lowest BCUT2D eigenvalue weighted by molar-refractivity contribution is 0.124. The highest BCUT2D eigenvalue weighted by molar-refractivity contribution is 6.35. The lowest BCUT2D eigenvalue weighted by Crippen LogP contribution is -2.20. The molecule has 3 heteroatoms. The van der Waals surface area contributed by atoms with E-state index in [4.69, 9.17) is 23.2 Å². The average Bonchev–Trinajstić information content (AvgIpc) is 2.95. The van der Waals surface area contributed by atoms with Gasteiger partial charge in [-0.1, -0.05) is 35.7 Å². The molecule has 0 amide bonds. The summed E-state index contributed by atoms with van der Waals surface area (Å²) in [5.41, 5.74) is 1.00. The highest BCUT2D eigenvalue weighted by Crippen LogP contribution is 2.50. The van der Waals surface area contributed by atoms with Crippen LogP contribution in [-0.4, -0.2) is 11.2 Å². The highest BCUT2D eigenvalue weighted by Gasteiger charge is 2.39. The topological polar surface area (TPSA) is 20.2 Å². The van der Waals surface area contributed by atoms with Crippen LogP contribution in [0.5, 0.6) is 0 Å². The standard InChI is InChI=1S/C16H20Cl2O/c17-14-4-3-12(16(18)9-14)7-15(19)8-13-6-10-1-2-11(13)5-10/h3-4,9-11,13,15,19H,1-2,5-8H2. The van der Waals surface area contributed by atoms with Crippen LogP contribution in [0.3, 0.4) is 0 Å². The van der Waals surface area contributed by atoms with E-state index in [-0.39, 0.29) is 6.10 Å². The van der Waals surface area contributed by atoms with E-state index >= 15 is 0 Å². The minimum atomic E-state index is -0.275. The third-order valence-corrected chi connectivity index (χ3v) is 5.52. The van der Waals surface area contributed by atoms with Gasteiger partial charge in [-0.05, 0) is 67.6 Å². The summed E-state index contributed by atoms with van der Waals surface area (Å²) in [7, 11) is 0. The number of rotatable bonds is 4. The summed E-state index contributed by atoms with van der Waals surface area (Å²) < 4.78 is 0. The molecule has 2 aliphatic carbocycles. The second-order valence-corrected chi connectivity index (χ2v) is 7.11. The quantitative estimate of drug-likeness (QED) is 0.852. The Bertz CT molecular complexity index is 460. The van der Waals surface area contributed by atoms with Crippen LogP contribution >= 0.6 is 23.2 Å². The predicted octanol–water partition coefficient (Wildman–Crippen LogP) is 4.72. The van der Waals surface area contributed by atoms with Crippen LogP contribution in [0.25, 0.3) is 0 Å². The number of halogens is 2. The van der Waals surface area contributed by atoms with Crippen molar-refractivity contribution in [2.45, 2.75) is 44.6 Å². The molecule has 2 bridgehead atoms. The Balaban J connectivity index is 1.57. The average molecular weight is 299 g/mol. The van der Waals surface area contributed by atoms with E-state index < -0.39 is 0 Å². The molecule has 1 aromatic carbocycles. The molecular weight excluding hydrogens is 279 g/mol. The van der Waals surface area contributed by atoms with Gasteiger partial charge in [-0.25, -0.2) is 0 Å². The molecule has 1 N–H and O–H groups in total. The Hall–Kier alpha value is -0.240. The molecule has 2 aliphatic rings. The van der Waals surface area contributed by atoms with Gasteiger partial charge in [0.25, 0.3) is 0 Å². The molecule has 1 nitrogen and oxygen atoms in total. The van der Waals surface area contributed by atoms with Crippen molar-refractivity contribution in [1.82, 2.24) is 0 Å². The van der Waals surface area contributed by atoms with Crippen LogP contribution < -0.4 is 0 Å². The van der Waals surface area contributed by atoms with Crippen LogP contribution in [0, 0.1) is 17.8 Å². The van der Waals surface area contributed by atoms with Gasteiger partial charge in [-0.2, -0.15) is 0 Å². The first-order valence-electron chi connectivity index (χ1n) is 7.24. The SMILES string of the molecule is OC(Cc1ccc(Cl)cc1Cl)CC1CC2CCC1C2. The fourth-order valence-electron chi connectivity index (χ4n) is 4.04. The van der Waals surface area contributed by atoms with Crippen LogP contribution in [0.15, 0.2) is 18.2 Å². The summed E-state index contributed by atoms with van der Waals surface area (Å²) in [6.07, 6.45) is 6.83. The number of fused-ring (bicyclic) bond motifs is 2.